The van der Waals surface area contributed by atoms with E-state index in [1.54, 1.807) is 12.3 Å². The Labute approximate surface area is 103 Å². The summed E-state index contributed by atoms with van der Waals surface area (Å²) in [6.45, 7) is 3.58. The van der Waals surface area contributed by atoms with Crippen LogP contribution in [0.4, 0.5) is 0 Å². The van der Waals surface area contributed by atoms with Crippen molar-refractivity contribution < 1.29 is 4.79 Å². The van der Waals surface area contributed by atoms with Gasteiger partial charge in [-0.3, -0.25) is 4.79 Å². The molecule has 1 aromatic rings. The molecule has 2 rings (SSSR count). The number of aromatic nitrogens is 1. The average molecular weight is 286 g/mol. The largest absolute Gasteiger partial charge is 0.356 e. The molecule has 16 heavy (non-hydrogen) atoms. The van der Waals surface area contributed by atoms with Crippen LogP contribution in [-0.2, 0) is 0 Å². The van der Waals surface area contributed by atoms with Gasteiger partial charge in [-0.2, -0.15) is 0 Å². The van der Waals surface area contributed by atoms with Crippen LogP contribution in [0.25, 0.3) is 0 Å². The van der Waals surface area contributed by atoms with E-state index >= 15 is 0 Å². The maximum atomic E-state index is 12.1. The lowest BCUT2D eigenvalue weighted by Gasteiger charge is -2.34. The highest BCUT2D eigenvalue weighted by molar-refractivity contribution is 9.10. The van der Waals surface area contributed by atoms with Gasteiger partial charge >= 0.3 is 0 Å². The van der Waals surface area contributed by atoms with Crippen LogP contribution in [0.15, 0.2) is 16.7 Å². The highest BCUT2D eigenvalue weighted by Crippen LogP contribution is 2.18. The number of nitrogens with two attached hydrogens (primary N) is 1. The minimum Gasteiger partial charge on any atom is -0.356 e. The average Bonchev–Trinajstić information content (AvgIpc) is 2.62. The van der Waals surface area contributed by atoms with E-state index in [2.05, 4.69) is 27.8 Å². The Morgan fingerprint density at radius 2 is 2.38 bits per heavy atom. The Hall–Kier alpha value is -0.810. The van der Waals surface area contributed by atoms with E-state index in [9.17, 15) is 4.79 Å². The number of amides is 1. The third kappa shape index (κ3) is 2.47. The van der Waals surface area contributed by atoms with E-state index in [4.69, 9.17) is 5.73 Å². The molecule has 1 aromatic heterocycles. The van der Waals surface area contributed by atoms with Crippen molar-refractivity contribution in [3.63, 3.8) is 0 Å². The molecule has 2 unspecified atom stereocenters. The molecular weight excluding hydrogens is 270 g/mol. The van der Waals surface area contributed by atoms with Gasteiger partial charge in [-0.25, -0.2) is 0 Å². The molecule has 88 valence electrons. The number of nitrogens with one attached hydrogen (secondary N) is 1. The molecule has 2 atom stereocenters. The van der Waals surface area contributed by atoms with Crippen molar-refractivity contribution in [2.24, 2.45) is 11.7 Å². The molecule has 5 heteroatoms. The molecule has 0 aliphatic carbocycles. The summed E-state index contributed by atoms with van der Waals surface area (Å²) < 4.78 is 0.894. The topological polar surface area (TPSA) is 62.1 Å². The van der Waals surface area contributed by atoms with E-state index < -0.39 is 0 Å². The van der Waals surface area contributed by atoms with Crippen molar-refractivity contribution in [3.05, 3.63) is 22.4 Å². The molecule has 0 aromatic carbocycles. The van der Waals surface area contributed by atoms with Crippen molar-refractivity contribution in [2.75, 3.05) is 13.1 Å². The number of hydrogen-bond donors (Lipinski definition) is 2. The van der Waals surface area contributed by atoms with Gasteiger partial charge in [0.05, 0.1) is 0 Å². The smallest absolute Gasteiger partial charge is 0.270 e. The molecule has 2 heterocycles. The summed E-state index contributed by atoms with van der Waals surface area (Å²) in [5, 5.41) is 0. The predicted octanol–water partition coefficient (Wildman–Crippen LogP) is 1.59. The highest BCUT2D eigenvalue weighted by Gasteiger charge is 2.26. The number of nitrogens with zero attached hydrogens (tertiary/aromatic N) is 1. The number of carbonyl (C=O) groups excluding carboxylic acids is 1. The van der Waals surface area contributed by atoms with E-state index in [1.807, 2.05) is 4.90 Å². The fraction of sp³-hybridized carbons (Fsp3) is 0.545. The normalized spacial score (nSPS) is 25.8. The first kappa shape index (κ1) is 11.7. The number of H-pyrrole nitrogens is 1. The van der Waals surface area contributed by atoms with Crippen molar-refractivity contribution >= 4 is 21.8 Å². The van der Waals surface area contributed by atoms with Gasteiger partial charge in [0.1, 0.15) is 5.69 Å². The molecule has 1 aliphatic heterocycles. The van der Waals surface area contributed by atoms with E-state index in [0.29, 0.717) is 18.2 Å². The van der Waals surface area contributed by atoms with Gasteiger partial charge in [0.2, 0.25) is 0 Å². The van der Waals surface area contributed by atoms with Crippen molar-refractivity contribution in [2.45, 2.75) is 19.4 Å². The highest BCUT2D eigenvalue weighted by atomic mass is 79.9. The first-order valence-electron chi connectivity index (χ1n) is 5.45. The molecule has 1 fully saturated rings. The molecule has 3 N–H and O–H groups in total. The third-order valence-corrected chi connectivity index (χ3v) is 3.32. The van der Waals surface area contributed by atoms with Crippen LogP contribution in [0.5, 0.6) is 0 Å². The van der Waals surface area contributed by atoms with Gasteiger partial charge < -0.3 is 15.6 Å². The van der Waals surface area contributed by atoms with Crippen LogP contribution >= 0.6 is 15.9 Å². The van der Waals surface area contributed by atoms with Crippen LogP contribution in [0.2, 0.25) is 0 Å². The van der Waals surface area contributed by atoms with Crippen LogP contribution in [0.1, 0.15) is 23.8 Å². The van der Waals surface area contributed by atoms with Crippen LogP contribution < -0.4 is 5.73 Å². The van der Waals surface area contributed by atoms with Crippen molar-refractivity contribution in [1.82, 2.24) is 9.88 Å². The minimum absolute atomic E-state index is 0.0349. The second kappa shape index (κ2) is 4.59. The maximum Gasteiger partial charge on any atom is 0.270 e. The van der Waals surface area contributed by atoms with Gasteiger partial charge in [-0.05, 0) is 34.3 Å². The summed E-state index contributed by atoms with van der Waals surface area (Å²) in [5.74, 6) is 0.513. The molecule has 0 bridgehead atoms. The Morgan fingerprint density at radius 3 is 2.94 bits per heavy atom. The molecule has 1 saturated heterocycles. The zero-order valence-corrected chi connectivity index (χ0v) is 10.8. The Balaban J connectivity index is 2.09. The second-order valence-corrected chi connectivity index (χ2v) is 5.46. The summed E-state index contributed by atoms with van der Waals surface area (Å²) in [6.07, 6.45) is 2.76. The van der Waals surface area contributed by atoms with E-state index in [1.165, 1.54) is 0 Å². The number of piperidine rings is 1. The standard InChI is InChI=1S/C11H16BrN3O/c1-7-2-9(13)6-15(5-7)11(16)10-3-8(12)4-14-10/h3-4,7,9,14H,2,5-6,13H2,1H3. The van der Waals surface area contributed by atoms with E-state index in [-0.39, 0.29) is 11.9 Å². The molecule has 4 nitrogen and oxygen atoms in total. The first-order valence-corrected chi connectivity index (χ1v) is 6.24. The quantitative estimate of drug-likeness (QED) is 0.823. The Morgan fingerprint density at radius 1 is 1.62 bits per heavy atom. The molecule has 0 saturated carbocycles. The Bertz CT molecular complexity index is 380. The van der Waals surface area contributed by atoms with Crippen molar-refractivity contribution in [3.8, 4) is 0 Å². The number of carbonyl (C=O) groups is 1. The minimum atomic E-state index is 0.0349. The monoisotopic (exact) mass is 285 g/mol. The van der Waals surface area contributed by atoms with Gasteiger partial charge in [0, 0.05) is 29.8 Å². The molecule has 1 amide bonds. The second-order valence-electron chi connectivity index (χ2n) is 4.54. The van der Waals surface area contributed by atoms with Gasteiger partial charge in [-0.15, -0.1) is 0 Å². The molecule has 1 aliphatic rings. The number of halogens is 1. The number of hydrogen-bond acceptors (Lipinski definition) is 2. The zero-order chi connectivity index (χ0) is 11.7. The lowest BCUT2D eigenvalue weighted by atomic mass is 9.96. The van der Waals surface area contributed by atoms with Gasteiger partial charge in [0.25, 0.3) is 5.91 Å². The van der Waals surface area contributed by atoms with Crippen LogP contribution in [0.3, 0.4) is 0 Å². The van der Waals surface area contributed by atoms with Gasteiger partial charge in [-0.1, -0.05) is 6.92 Å². The first-order chi connectivity index (χ1) is 7.56. The van der Waals surface area contributed by atoms with Crippen molar-refractivity contribution in [1.29, 1.82) is 0 Å². The molecule has 0 radical (unpaired) electrons. The molecule has 0 spiro atoms. The number of likely N-dealkylation sites (tertiary alicyclic amines) is 1. The lowest BCUT2D eigenvalue weighted by Crippen LogP contribution is -2.48. The summed E-state index contributed by atoms with van der Waals surface area (Å²) in [6, 6.07) is 1.90. The maximum absolute atomic E-state index is 12.1. The van der Waals surface area contributed by atoms with Crippen LogP contribution in [-0.4, -0.2) is 34.9 Å². The summed E-state index contributed by atoms with van der Waals surface area (Å²) >= 11 is 3.32. The summed E-state index contributed by atoms with van der Waals surface area (Å²) in [4.78, 5) is 16.9. The van der Waals surface area contributed by atoms with E-state index in [0.717, 1.165) is 17.4 Å². The summed E-state index contributed by atoms with van der Waals surface area (Å²) in [7, 11) is 0. The molecular formula is C11H16BrN3O. The zero-order valence-electron chi connectivity index (χ0n) is 9.24. The fourth-order valence-corrected chi connectivity index (χ4v) is 2.57. The van der Waals surface area contributed by atoms with Gasteiger partial charge in [0.15, 0.2) is 0 Å². The third-order valence-electron chi connectivity index (χ3n) is 2.86. The summed E-state index contributed by atoms with van der Waals surface area (Å²) in [5.41, 5.74) is 6.54. The number of rotatable bonds is 1. The Kier molecular flexibility index (Phi) is 3.35. The lowest BCUT2D eigenvalue weighted by molar-refractivity contribution is 0.0655. The number of aromatic amines is 1. The fourth-order valence-electron chi connectivity index (χ4n) is 2.23. The van der Waals surface area contributed by atoms with Crippen LogP contribution in [0, 0.1) is 5.92 Å². The predicted molar refractivity (Wildman–Crippen MR) is 66.2 cm³/mol. The SMILES string of the molecule is CC1CC(N)CN(C(=O)c2cc(Br)c[nH]2)C1.